The van der Waals surface area contributed by atoms with Crippen LogP contribution in [0.2, 0.25) is 0 Å². The summed E-state index contributed by atoms with van der Waals surface area (Å²) in [6.07, 6.45) is 1.50. The maximum atomic E-state index is 13.8. The van der Waals surface area contributed by atoms with Crippen molar-refractivity contribution in [1.82, 2.24) is 15.1 Å². The standard InChI is InChI=1S/C19H26FN3O2/c1-13-12-14(2)23(22-13)11-10-21-16-7-5-9-18(19(16)24)25-17-8-4-3-6-15(17)20/h3-4,6,8,12,16,18-19,21,24H,5,7,9-11H2,1-2H3/t16-,18+,19+/m0/s1. The predicted octanol–water partition coefficient (Wildman–Crippen LogP) is 2.59. The van der Waals surface area contributed by atoms with Crippen molar-refractivity contribution < 1.29 is 14.2 Å². The number of hydrogen-bond acceptors (Lipinski definition) is 4. The normalized spacial score (nSPS) is 23.6. The van der Waals surface area contributed by atoms with Gasteiger partial charge in [-0.2, -0.15) is 5.10 Å². The molecule has 1 aromatic heterocycles. The van der Waals surface area contributed by atoms with Gasteiger partial charge in [0.2, 0.25) is 0 Å². The molecule has 1 fully saturated rings. The van der Waals surface area contributed by atoms with Crippen LogP contribution in [0.1, 0.15) is 30.7 Å². The zero-order valence-electron chi connectivity index (χ0n) is 14.8. The number of rotatable bonds is 6. The zero-order chi connectivity index (χ0) is 17.8. The molecule has 1 aromatic carbocycles. The van der Waals surface area contributed by atoms with E-state index in [0.29, 0.717) is 0 Å². The molecule has 1 saturated carbocycles. The fraction of sp³-hybridized carbons (Fsp3) is 0.526. The molecule has 0 unspecified atom stereocenters. The lowest BCUT2D eigenvalue weighted by Gasteiger charge is -2.35. The maximum absolute atomic E-state index is 13.8. The van der Waals surface area contributed by atoms with Crippen LogP contribution in [0.4, 0.5) is 4.39 Å². The summed E-state index contributed by atoms with van der Waals surface area (Å²) < 4.78 is 21.5. The largest absolute Gasteiger partial charge is 0.485 e. The quantitative estimate of drug-likeness (QED) is 0.843. The van der Waals surface area contributed by atoms with Crippen LogP contribution in [0.25, 0.3) is 0 Å². The van der Waals surface area contributed by atoms with E-state index in [-0.39, 0.29) is 11.8 Å². The van der Waals surface area contributed by atoms with Gasteiger partial charge >= 0.3 is 0 Å². The van der Waals surface area contributed by atoms with E-state index in [4.69, 9.17) is 4.74 Å². The Morgan fingerprint density at radius 1 is 1.32 bits per heavy atom. The molecule has 6 heteroatoms. The lowest BCUT2D eigenvalue weighted by molar-refractivity contribution is -0.0169. The molecule has 0 amide bonds. The Labute approximate surface area is 147 Å². The van der Waals surface area contributed by atoms with Gasteiger partial charge in [-0.1, -0.05) is 12.1 Å². The summed E-state index contributed by atoms with van der Waals surface area (Å²) in [5.41, 5.74) is 2.14. The number of benzene rings is 1. The molecule has 0 bridgehead atoms. The van der Waals surface area contributed by atoms with Crippen LogP contribution < -0.4 is 10.1 Å². The molecule has 0 saturated heterocycles. The van der Waals surface area contributed by atoms with Gasteiger partial charge < -0.3 is 15.2 Å². The third-order valence-electron chi connectivity index (χ3n) is 4.75. The van der Waals surface area contributed by atoms with Crippen LogP contribution in [-0.4, -0.2) is 39.7 Å². The summed E-state index contributed by atoms with van der Waals surface area (Å²) in [7, 11) is 0. The average molecular weight is 347 g/mol. The molecule has 1 heterocycles. The van der Waals surface area contributed by atoms with Crippen molar-refractivity contribution in [3.05, 3.63) is 47.5 Å². The number of para-hydroxylation sites is 1. The molecule has 2 aromatic rings. The summed E-state index contributed by atoms with van der Waals surface area (Å²) in [6, 6.07) is 8.33. The number of aliphatic hydroxyl groups excluding tert-OH is 1. The van der Waals surface area contributed by atoms with Crippen LogP contribution in [0.3, 0.4) is 0 Å². The van der Waals surface area contributed by atoms with Crippen LogP contribution in [0, 0.1) is 19.7 Å². The minimum atomic E-state index is -0.659. The highest BCUT2D eigenvalue weighted by molar-refractivity contribution is 5.24. The number of aromatic nitrogens is 2. The first-order valence-corrected chi connectivity index (χ1v) is 8.88. The fourth-order valence-corrected chi connectivity index (χ4v) is 3.45. The number of nitrogens with zero attached hydrogens (tertiary/aromatic N) is 2. The van der Waals surface area contributed by atoms with Crippen molar-refractivity contribution in [1.29, 1.82) is 0 Å². The molecule has 1 aliphatic rings. The minimum Gasteiger partial charge on any atom is -0.485 e. The smallest absolute Gasteiger partial charge is 0.165 e. The second-order valence-electron chi connectivity index (χ2n) is 6.72. The van der Waals surface area contributed by atoms with Gasteiger partial charge in [0.05, 0.1) is 12.2 Å². The Morgan fingerprint density at radius 2 is 2.12 bits per heavy atom. The van der Waals surface area contributed by atoms with E-state index >= 15 is 0 Å². The van der Waals surface area contributed by atoms with Crippen molar-refractivity contribution in [2.24, 2.45) is 0 Å². The topological polar surface area (TPSA) is 59.3 Å². The Kier molecular flexibility index (Phi) is 5.71. The van der Waals surface area contributed by atoms with Gasteiger partial charge in [0, 0.05) is 18.3 Å². The van der Waals surface area contributed by atoms with Crippen molar-refractivity contribution in [3.63, 3.8) is 0 Å². The van der Waals surface area contributed by atoms with Crippen LogP contribution >= 0.6 is 0 Å². The first-order valence-electron chi connectivity index (χ1n) is 8.88. The highest BCUT2D eigenvalue weighted by Gasteiger charge is 2.33. The molecular weight excluding hydrogens is 321 g/mol. The molecule has 136 valence electrons. The van der Waals surface area contributed by atoms with E-state index in [2.05, 4.69) is 10.4 Å². The molecule has 5 nitrogen and oxygen atoms in total. The summed E-state index contributed by atoms with van der Waals surface area (Å²) in [5, 5.41) is 18.4. The molecular formula is C19H26FN3O2. The third-order valence-corrected chi connectivity index (χ3v) is 4.75. The Balaban J connectivity index is 1.54. The average Bonchev–Trinajstić information content (AvgIpc) is 2.90. The highest BCUT2D eigenvalue weighted by atomic mass is 19.1. The van der Waals surface area contributed by atoms with Crippen molar-refractivity contribution in [3.8, 4) is 5.75 Å². The molecule has 3 rings (SSSR count). The van der Waals surface area contributed by atoms with E-state index in [1.807, 2.05) is 24.6 Å². The zero-order valence-corrected chi connectivity index (χ0v) is 14.8. The van der Waals surface area contributed by atoms with Crippen LogP contribution in [0.15, 0.2) is 30.3 Å². The minimum absolute atomic E-state index is 0.0533. The van der Waals surface area contributed by atoms with Gasteiger partial charge in [0.15, 0.2) is 11.6 Å². The first-order chi connectivity index (χ1) is 12.0. The lowest BCUT2D eigenvalue weighted by atomic mass is 9.90. The summed E-state index contributed by atoms with van der Waals surface area (Å²) in [5.74, 6) is -0.191. The van der Waals surface area contributed by atoms with Gasteiger partial charge in [0.25, 0.3) is 0 Å². The van der Waals surface area contributed by atoms with E-state index < -0.39 is 18.0 Å². The van der Waals surface area contributed by atoms with E-state index in [0.717, 1.165) is 43.7 Å². The number of halogens is 1. The van der Waals surface area contributed by atoms with Crippen molar-refractivity contribution >= 4 is 0 Å². The summed E-state index contributed by atoms with van der Waals surface area (Å²) in [6.45, 7) is 5.48. The van der Waals surface area contributed by atoms with Gasteiger partial charge in [-0.25, -0.2) is 4.39 Å². The lowest BCUT2D eigenvalue weighted by Crippen LogP contribution is -2.51. The fourth-order valence-electron chi connectivity index (χ4n) is 3.45. The van der Waals surface area contributed by atoms with E-state index in [1.165, 1.54) is 6.07 Å². The third kappa shape index (κ3) is 4.38. The molecule has 25 heavy (non-hydrogen) atoms. The van der Waals surface area contributed by atoms with E-state index in [1.54, 1.807) is 18.2 Å². The molecule has 2 N–H and O–H groups in total. The van der Waals surface area contributed by atoms with Crippen LogP contribution in [-0.2, 0) is 6.54 Å². The number of nitrogens with one attached hydrogen (secondary N) is 1. The van der Waals surface area contributed by atoms with Gasteiger partial charge in [-0.3, -0.25) is 4.68 Å². The molecule has 1 aliphatic carbocycles. The number of hydrogen-bond donors (Lipinski definition) is 2. The SMILES string of the molecule is Cc1cc(C)n(CCN[C@H]2CCC[C@@H](Oc3ccccc3F)[C@@H]2O)n1. The summed E-state index contributed by atoms with van der Waals surface area (Å²) in [4.78, 5) is 0. The Bertz CT molecular complexity index is 704. The second kappa shape index (κ2) is 7.97. The van der Waals surface area contributed by atoms with E-state index in [9.17, 15) is 9.50 Å². The van der Waals surface area contributed by atoms with Gasteiger partial charge in [0.1, 0.15) is 12.2 Å². The Hall–Kier alpha value is -1.92. The van der Waals surface area contributed by atoms with Gasteiger partial charge in [-0.15, -0.1) is 0 Å². The Morgan fingerprint density at radius 3 is 2.84 bits per heavy atom. The molecule has 0 spiro atoms. The second-order valence-corrected chi connectivity index (χ2v) is 6.72. The molecule has 3 atom stereocenters. The molecule has 0 radical (unpaired) electrons. The number of ether oxygens (including phenoxy) is 1. The monoisotopic (exact) mass is 347 g/mol. The first kappa shape index (κ1) is 17.9. The predicted molar refractivity (Wildman–Crippen MR) is 94.2 cm³/mol. The number of aliphatic hydroxyl groups is 1. The van der Waals surface area contributed by atoms with Crippen LogP contribution in [0.5, 0.6) is 5.75 Å². The highest BCUT2D eigenvalue weighted by Crippen LogP contribution is 2.26. The maximum Gasteiger partial charge on any atom is 0.165 e. The van der Waals surface area contributed by atoms with Gasteiger partial charge in [-0.05, 0) is 51.3 Å². The summed E-state index contributed by atoms with van der Waals surface area (Å²) >= 11 is 0. The number of aryl methyl sites for hydroxylation is 2. The molecule has 0 aliphatic heterocycles. The van der Waals surface area contributed by atoms with Crippen molar-refractivity contribution in [2.45, 2.75) is 57.9 Å². The van der Waals surface area contributed by atoms with Crippen molar-refractivity contribution in [2.75, 3.05) is 6.54 Å².